The zero-order valence-corrected chi connectivity index (χ0v) is 20.2. The molecule has 1 atom stereocenters. The number of ether oxygens (including phenoxy) is 1. The quantitative estimate of drug-likeness (QED) is 0.351. The number of hydrogen-bond acceptors (Lipinski definition) is 4. The van der Waals surface area contributed by atoms with Crippen molar-refractivity contribution in [2.45, 2.75) is 39.2 Å². The van der Waals surface area contributed by atoms with Crippen LogP contribution < -0.4 is 10.1 Å². The van der Waals surface area contributed by atoms with Gasteiger partial charge in [0.1, 0.15) is 16.6 Å². The number of halogens is 3. The van der Waals surface area contributed by atoms with Crippen LogP contribution in [0.3, 0.4) is 0 Å². The van der Waals surface area contributed by atoms with Crippen molar-refractivity contribution < 1.29 is 18.3 Å². The monoisotopic (exact) mass is 496 g/mol. The SMILES string of the molecule is Cc1nn2c(C(C)C)c(C(=O)N[C@H]3CCOc4ccccc43)cnc2c1-c1ccc(F)c(Cl)c1F. The molecule has 0 bridgehead atoms. The maximum Gasteiger partial charge on any atom is 0.255 e. The Hall–Kier alpha value is -3.52. The number of para-hydroxylation sites is 1. The van der Waals surface area contributed by atoms with Gasteiger partial charge in [-0.05, 0) is 31.0 Å². The first-order valence-electron chi connectivity index (χ1n) is 11.3. The third-order valence-corrected chi connectivity index (χ3v) is 6.56. The largest absolute Gasteiger partial charge is 0.493 e. The van der Waals surface area contributed by atoms with Gasteiger partial charge in [0.15, 0.2) is 11.5 Å². The molecule has 5 rings (SSSR count). The summed E-state index contributed by atoms with van der Waals surface area (Å²) in [6.07, 6.45) is 2.13. The molecular formula is C26H23ClF2N4O2. The number of nitrogens with zero attached hydrogens (tertiary/aromatic N) is 3. The van der Waals surface area contributed by atoms with E-state index in [1.807, 2.05) is 38.1 Å². The molecule has 2 aromatic heterocycles. The highest BCUT2D eigenvalue weighted by atomic mass is 35.5. The molecule has 9 heteroatoms. The number of carbonyl (C=O) groups excluding carboxylic acids is 1. The van der Waals surface area contributed by atoms with E-state index in [4.69, 9.17) is 16.3 Å². The third-order valence-electron chi connectivity index (χ3n) is 6.22. The van der Waals surface area contributed by atoms with Crippen molar-refractivity contribution in [1.29, 1.82) is 0 Å². The van der Waals surface area contributed by atoms with E-state index in [-0.39, 0.29) is 23.4 Å². The van der Waals surface area contributed by atoms with Crippen LogP contribution >= 0.6 is 11.6 Å². The molecule has 0 fully saturated rings. The Labute approximate surface area is 205 Å². The lowest BCUT2D eigenvalue weighted by Crippen LogP contribution is -2.33. The summed E-state index contributed by atoms with van der Waals surface area (Å²) >= 11 is 5.82. The van der Waals surface area contributed by atoms with Crippen LogP contribution in [0.2, 0.25) is 5.02 Å². The van der Waals surface area contributed by atoms with Crippen molar-refractivity contribution in [3.63, 3.8) is 0 Å². The lowest BCUT2D eigenvalue weighted by molar-refractivity contribution is 0.0922. The van der Waals surface area contributed by atoms with Gasteiger partial charge in [0.2, 0.25) is 0 Å². The van der Waals surface area contributed by atoms with Crippen molar-refractivity contribution in [1.82, 2.24) is 19.9 Å². The van der Waals surface area contributed by atoms with Gasteiger partial charge in [-0.25, -0.2) is 18.3 Å². The first kappa shape index (κ1) is 23.2. The van der Waals surface area contributed by atoms with Crippen molar-refractivity contribution >= 4 is 23.2 Å². The van der Waals surface area contributed by atoms with Crippen molar-refractivity contribution in [3.8, 4) is 16.9 Å². The molecule has 35 heavy (non-hydrogen) atoms. The zero-order chi connectivity index (χ0) is 24.9. The molecular weight excluding hydrogens is 474 g/mol. The number of benzene rings is 2. The number of carbonyl (C=O) groups is 1. The Balaban J connectivity index is 1.59. The Kier molecular flexibility index (Phi) is 5.92. The summed E-state index contributed by atoms with van der Waals surface area (Å²) in [5.74, 6) is -1.34. The second kappa shape index (κ2) is 8.92. The average Bonchev–Trinajstić information content (AvgIpc) is 3.17. The highest BCUT2D eigenvalue weighted by molar-refractivity contribution is 6.31. The fraction of sp³-hybridized carbons (Fsp3) is 0.269. The van der Waals surface area contributed by atoms with Crippen LogP contribution in [0, 0.1) is 18.6 Å². The molecule has 0 unspecified atom stereocenters. The van der Waals surface area contributed by atoms with Gasteiger partial charge < -0.3 is 10.1 Å². The van der Waals surface area contributed by atoms with Crippen LogP contribution in [-0.2, 0) is 0 Å². The number of aryl methyl sites for hydroxylation is 1. The third kappa shape index (κ3) is 3.91. The highest BCUT2D eigenvalue weighted by Crippen LogP contribution is 2.36. The molecule has 2 aromatic carbocycles. The van der Waals surface area contributed by atoms with Crippen molar-refractivity contribution in [2.24, 2.45) is 0 Å². The van der Waals surface area contributed by atoms with Crippen molar-refractivity contribution in [2.75, 3.05) is 6.61 Å². The Morgan fingerprint density at radius 3 is 2.77 bits per heavy atom. The summed E-state index contributed by atoms with van der Waals surface area (Å²) in [5.41, 5.74) is 3.28. The summed E-state index contributed by atoms with van der Waals surface area (Å²) in [4.78, 5) is 17.9. The average molecular weight is 497 g/mol. The summed E-state index contributed by atoms with van der Waals surface area (Å²) in [6, 6.07) is 9.86. The van der Waals surface area contributed by atoms with Gasteiger partial charge in [0.05, 0.1) is 35.2 Å². The first-order valence-corrected chi connectivity index (χ1v) is 11.7. The lowest BCUT2D eigenvalue weighted by atomic mass is 9.99. The van der Waals surface area contributed by atoms with E-state index in [0.717, 1.165) is 17.4 Å². The van der Waals surface area contributed by atoms with Gasteiger partial charge in [-0.1, -0.05) is 43.6 Å². The van der Waals surface area contributed by atoms with Gasteiger partial charge in [0.25, 0.3) is 5.91 Å². The van der Waals surface area contributed by atoms with Crippen LogP contribution in [0.15, 0.2) is 42.6 Å². The Morgan fingerprint density at radius 2 is 2.00 bits per heavy atom. The molecule has 1 amide bonds. The highest BCUT2D eigenvalue weighted by Gasteiger charge is 2.28. The van der Waals surface area contributed by atoms with Gasteiger partial charge in [-0.3, -0.25) is 4.79 Å². The van der Waals surface area contributed by atoms with Crippen LogP contribution in [0.4, 0.5) is 8.78 Å². The Morgan fingerprint density at radius 1 is 1.23 bits per heavy atom. The minimum atomic E-state index is -0.877. The maximum absolute atomic E-state index is 14.9. The zero-order valence-electron chi connectivity index (χ0n) is 19.4. The molecule has 6 nitrogen and oxygen atoms in total. The first-order chi connectivity index (χ1) is 16.8. The molecule has 4 aromatic rings. The van der Waals surface area contributed by atoms with E-state index < -0.39 is 16.7 Å². The van der Waals surface area contributed by atoms with E-state index in [9.17, 15) is 13.6 Å². The molecule has 0 saturated carbocycles. The van der Waals surface area contributed by atoms with Gasteiger partial charge in [-0.2, -0.15) is 5.10 Å². The normalized spacial score (nSPS) is 15.2. The Bertz CT molecular complexity index is 1470. The molecule has 180 valence electrons. The topological polar surface area (TPSA) is 68.5 Å². The molecule has 0 aliphatic carbocycles. The number of aromatic nitrogens is 3. The number of hydrogen-bond donors (Lipinski definition) is 1. The van der Waals surface area contributed by atoms with E-state index in [2.05, 4.69) is 15.4 Å². The maximum atomic E-state index is 14.9. The number of rotatable bonds is 4. The standard InChI is InChI=1S/C26H23ClF2N4O2/c1-13(2)24-17(26(34)31-19-10-11-35-20-7-5-4-6-15(19)20)12-30-25-21(14(3)32-33(24)25)16-8-9-18(28)22(27)23(16)29/h4-9,12-13,19H,10-11H2,1-3H3,(H,31,34)/t19-/m0/s1. The number of amides is 1. The minimum absolute atomic E-state index is 0.0992. The molecule has 3 heterocycles. The van der Waals surface area contributed by atoms with Crippen LogP contribution in [0.25, 0.3) is 16.8 Å². The minimum Gasteiger partial charge on any atom is -0.493 e. The summed E-state index contributed by atoms with van der Waals surface area (Å²) in [5, 5.41) is 7.10. The fourth-order valence-corrected chi connectivity index (χ4v) is 4.77. The second-order valence-electron chi connectivity index (χ2n) is 8.83. The predicted molar refractivity (Wildman–Crippen MR) is 129 cm³/mol. The van der Waals surface area contributed by atoms with E-state index in [0.29, 0.717) is 41.2 Å². The van der Waals surface area contributed by atoms with E-state index in [1.54, 1.807) is 11.4 Å². The molecule has 1 N–H and O–H groups in total. The van der Waals surface area contributed by atoms with Crippen molar-refractivity contribution in [3.05, 3.63) is 81.8 Å². The summed E-state index contributed by atoms with van der Waals surface area (Å²) < 4.78 is 35.9. The van der Waals surface area contributed by atoms with Gasteiger partial charge >= 0.3 is 0 Å². The molecule has 0 saturated heterocycles. The predicted octanol–water partition coefficient (Wildman–Crippen LogP) is 6.01. The van der Waals surface area contributed by atoms with Crippen LogP contribution in [-0.4, -0.2) is 27.1 Å². The summed E-state index contributed by atoms with van der Waals surface area (Å²) in [6.45, 7) is 6.11. The van der Waals surface area contributed by atoms with Crippen LogP contribution in [0.1, 0.15) is 59.5 Å². The summed E-state index contributed by atoms with van der Waals surface area (Å²) in [7, 11) is 0. The smallest absolute Gasteiger partial charge is 0.255 e. The lowest BCUT2D eigenvalue weighted by Gasteiger charge is -2.27. The van der Waals surface area contributed by atoms with Gasteiger partial charge in [-0.15, -0.1) is 0 Å². The van der Waals surface area contributed by atoms with E-state index >= 15 is 0 Å². The molecule has 0 spiro atoms. The van der Waals surface area contributed by atoms with E-state index in [1.165, 1.54) is 12.3 Å². The molecule has 1 aliphatic rings. The van der Waals surface area contributed by atoms with Gasteiger partial charge in [0, 0.05) is 23.7 Å². The second-order valence-corrected chi connectivity index (χ2v) is 9.21. The molecule has 0 radical (unpaired) electrons. The molecule has 1 aliphatic heterocycles. The number of fused-ring (bicyclic) bond motifs is 2. The van der Waals surface area contributed by atoms with Crippen LogP contribution in [0.5, 0.6) is 5.75 Å². The number of nitrogens with one attached hydrogen (secondary N) is 1. The fourth-order valence-electron chi connectivity index (χ4n) is 4.60.